The van der Waals surface area contributed by atoms with Crippen molar-refractivity contribution < 1.29 is 19.0 Å². The summed E-state index contributed by atoms with van der Waals surface area (Å²) < 4.78 is 16.0. The number of hydrogen-bond donors (Lipinski definition) is 2. The van der Waals surface area contributed by atoms with Gasteiger partial charge in [-0.15, -0.1) is 0 Å². The van der Waals surface area contributed by atoms with Gasteiger partial charge in [0.15, 0.2) is 12.0 Å². The van der Waals surface area contributed by atoms with Gasteiger partial charge in [-0.3, -0.25) is 9.59 Å². The smallest absolute Gasteiger partial charge is 0.262 e. The molecule has 4 rings (SSSR count). The maximum Gasteiger partial charge on any atom is 0.262 e. The number of hydrogen-bond acceptors (Lipinski definition) is 5. The van der Waals surface area contributed by atoms with Crippen molar-refractivity contribution in [3.63, 3.8) is 0 Å². The van der Waals surface area contributed by atoms with E-state index >= 15 is 0 Å². The van der Waals surface area contributed by atoms with E-state index < -0.39 is 5.91 Å². The first-order chi connectivity index (χ1) is 15.0. The summed E-state index contributed by atoms with van der Waals surface area (Å²) in [4.78, 5) is 28.4. The van der Waals surface area contributed by atoms with Crippen molar-refractivity contribution in [3.05, 3.63) is 69.8 Å². The van der Waals surface area contributed by atoms with Crippen molar-refractivity contribution in [1.82, 2.24) is 4.98 Å². The highest BCUT2D eigenvalue weighted by molar-refractivity contribution is 6.32. The second kappa shape index (κ2) is 8.57. The monoisotopic (exact) mass is 438 g/mol. The molecule has 3 aromatic carbocycles. The molecule has 1 amide bonds. The molecule has 7 nitrogen and oxygen atoms in total. The number of amides is 1. The Labute approximate surface area is 182 Å². The Morgan fingerprint density at radius 2 is 1.71 bits per heavy atom. The number of para-hydroxylation sites is 1. The molecular weight excluding hydrogens is 420 g/mol. The zero-order valence-electron chi connectivity index (χ0n) is 16.8. The van der Waals surface area contributed by atoms with Crippen molar-refractivity contribution >= 4 is 45.0 Å². The van der Waals surface area contributed by atoms with E-state index in [1.165, 1.54) is 14.2 Å². The van der Waals surface area contributed by atoms with Gasteiger partial charge in [-0.05, 0) is 30.3 Å². The van der Waals surface area contributed by atoms with E-state index in [1.54, 1.807) is 36.4 Å². The number of methoxy groups -OCH3 is 2. The van der Waals surface area contributed by atoms with Crippen LogP contribution in [0.15, 0.2) is 59.4 Å². The average molecular weight is 439 g/mol. The van der Waals surface area contributed by atoms with Crippen LogP contribution in [0.4, 0.5) is 5.69 Å². The second-order valence-electron chi connectivity index (χ2n) is 6.73. The number of fused-ring (bicyclic) bond motifs is 2. The first-order valence-corrected chi connectivity index (χ1v) is 9.77. The van der Waals surface area contributed by atoms with Gasteiger partial charge < -0.3 is 24.5 Å². The highest BCUT2D eigenvalue weighted by Gasteiger charge is 2.13. The van der Waals surface area contributed by atoms with Crippen LogP contribution in [-0.4, -0.2) is 31.7 Å². The Morgan fingerprint density at radius 1 is 0.968 bits per heavy atom. The molecule has 0 saturated carbocycles. The maximum atomic E-state index is 12.8. The number of aromatic nitrogens is 1. The van der Waals surface area contributed by atoms with E-state index in [2.05, 4.69) is 10.3 Å². The predicted octanol–water partition coefficient (Wildman–Crippen LogP) is 4.37. The summed E-state index contributed by atoms with van der Waals surface area (Å²) in [6, 6.07) is 15.5. The van der Waals surface area contributed by atoms with Gasteiger partial charge in [-0.1, -0.05) is 23.7 Å². The Morgan fingerprint density at radius 3 is 2.48 bits per heavy atom. The molecule has 0 aliphatic heterocycles. The minimum absolute atomic E-state index is 0.0998. The van der Waals surface area contributed by atoms with Gasteiger partial charge in [0.25, 0.3) is 5.91 Å². The quantitative estimate of drug-likeness (QED) is 0.436. The number of H-pyrrole nitrogens is 1. The first kappa shape index (κ1) is 20.6. The largest absolute Gasteiger partial charge is 0.495 e. The Hall–Kier alpha value is -3.71. The van der Waals surface area contributed by atoms with Crippen molar-refractivity contribution in [2.45, 2.75) is 0 Å². The molecule has 0 aliphatic rings. The van der Waals surface area contributed by atoms with Gasteiger partial charge in [-0.2, -0.15) is 0 Å². The van der Waals surface area contributed by atoms with Crippen LogP contribution in [0.25, 0.3) is 21.8 Å². The van der Waals surface area contributed by atoms with Gasteiger partial charge in [-0.25, -0.2) is 0 Å². The molecule has 1 heterocycles. The lowest BCUT2D eigenvalue weighted by molar-refractivity contribution is -0.118. The van der Waals surface area contributed by atoms with E-state index in [0.29, 0.717) is 44.2 Å². The van der Waals surface area contributed by atoms with Crippen molar-refractivity contribution in [3.8, 4) is 17.2 Å². The highest BCUT2D eigenvalue weighted by atomic mass is 35.5. The van der Waals surface area contributed by atoms with Crippen LogP contribution in [0, 0.1) is 0 Å². The fourth-order valence-electron chi connectivity index (χ4n) is 3.28. The Kier molecular flexibility index (Phi) is 5.68. The number of rotatable bonds is 6. The maximum absolute atomic E-state index is 12.8. The zero-order chi connectivity index (χ0) is 22.0. The van der Waals surface area contributed by atoms with Crippen LogP contribution in [-0.2, 0) is 4.79 Å². The van der Waals surface area contributed by atoms with Crippen LogP contribution in [0.2, 0.25) is 5.02 Å². The highest BCUT2D eigenvalue weighted by Crippen LogP contribution is 2.35. The van der Waals surface area contributed by atoms with E-state index in [0.717, 1.165) is 5.52 Å². The summed E-state index contributed by atoms with van der Waals surface area (Å²) in [5.74, 6) is 0.794. The van der Waals surface area contributed by atoms with Gasteiger partial charge in [0.05, 0.1) is 30.4 Å². The predicted molar refractivity (Wildman–Crippen MR) is 121 cm³/mol. The molecule has 31 heavy (non-hydrogen) atoms. The molecule has 4 aromatic rings. The summed E-state index contributed by atoms with van der Waals surface area (Å²) in [7, 11) is 2.95. The molecule has 0 saturated heterocycles. The summed E-state index contributed by atoms with van der Waals surface area (Å²) in [6.45, 7) is -0.259. The lowest BCUT2D eigenvalue weighted by Crippen LogP contribution is -2.20. The number of pyridine rings is 1. The van der Waals surface area contributed by atoms with Crippen LogP contribution in [0.3, 0.4) is 0 Å². The average Bonchev–Trinajstić information content (AvgIpc) is 2.79. The number of benzene rings is 3. The molecule has 2 N–H and O–H groups in total. The third kappa shape index (κ3) is 4.13. The van der Waals surface area contributed by atoms with Gasteiger partial charge in [0.1, 0.15) is 17.2 Å². The lowest BCUT2D eigenvalue weighted by atomic mass is 10.1. The summed E-state index contributed by atoms with van der Waals surface area (Å²) in [5, 5.41) is 4.15. The Bertz CT molecular complexity index is 1350. The molecule has 0 bridgehead atoms. The number of aromatic amines is 1. The number of carbonyl (C=O) groups excluding carboxylic acids is 1. The molecule has 0 unspecified atom stereocenters. The zero-order valence-corrected chi connectivity index (χ0v) is 17.6. The van der Waals surface area contributed by atoms with Crippen molar-refractivity contribution in [2.24, 2.45) is 0 Å². The van der Waals surface area contributed by atoms with E-state index in [9.17, 15) is 9.59 Å². The summed E-state index contributed by atoms with van der Waals surface area (Å²) in [5.41, 5.74) is 1.76. The summed E-state index contributed by atoms with van der Waals surface area (Å²) in [6.07, 6.45) is 0. The molecule has 0 fully saturated rings. The third-order valence-electron chi connectivity index (χ3n) is 4.79. The second-order valence-corrected chi connectivity index (χ2v) is 7.14. The molecule has 158 valence electrons. The molecule has 0 atom stereocenters. The number of halogens is 1. The van der Waals surface area contributed by atoms with Crippen molar-refractivity contribution in [1.29, 1.82) is 0 Å². The number of carbonyl (C=O) groups is 1. The minimum Gasteiger partial charge on any atom is -0.495 e. The van der Waals surface area contributed by atoms with E-state index in [4.69, 9.17) is 25.8 Å². The number of anilines is 1. The third-order valence-corrected chi connectivity index (χ3v) is 5.09. The first-order valence-electron chi connectivity index (χ1n) is 9.39. The van der Waals surface area contributed by atoms with Gasteiger partial charge in [0.2, 0.25) is 0 Å². The molecule has 0 aliphatic carbocycles. The summed E-state index contributed by atoms with van der Waals surface area (Å²) >= 11 is 6.08. The number of nitrogens with one attached hydrogen (secondary N) is 2. The van der Waals surface area contributed by atoms with Crippen LogP contribution in [0.5, 0.6) is 17.2 Å². The van der Waals surface area contributed by atoms with Crippen LogP contribution < -0.4 is 25.0 Å². The number of ether oxygens (including phenoxy) is 3. The van der Waals surface area contributed by atoms with E-state index in [-0.39, 0.29) is 12.0 Å². The minimum atomic E-state index is -0.407. The van der Waals surface area contributed by atoms with E-state index in [1.807, 2.05) is 18.2 Å². The standard InChI is InChI=1S/C23H19ClN2O5/c1-29-20-11-19(21(30-2)10-16(20)24)26-22(27)12-31-13-7-8-18-15(9-13)23(28)14-5-3-4-6-17(14)25-18/h3-11H,12H2,1-2H3,(H,25,28)(H,26,27). The van der Waals surface area contributed by atoms with Crippen molar-refractivity contribution in [2.75, 3.05) is 26.1 Å². The SMILES string of the molecule is COc1cc(NC(=O)COc2ccc3[nH]c4ccccc4c(=O)c3c2)c(OC)cc1Cl. The molecule has 8 heteroatoms. The fraction of sp³-hybridized carbons (Fsp3) is 0.130. The van der Waals surface area contributed by atoms with Crippen LogP contribution >= 0.6 is 11.6 Å². The fourth-order valence-corrected chi connectivity index (χ4v) is 3.51. The molecule has 0 spiro atoms. The molecule has 0 radical (unpaired) electrons. The normalized spacial score (nSPS) is 10.8. The topological polar surface area (TPSA) is 89.7 Å². The van der Waals surface area contributed by atoms with Crippen LogP contribution in [0.1, 0.15) is 0 Å². The van der Waals surface area contributed by atoms with Gasteiger partial charge in [0, 0.05) is 28.4 Å². The Balaban J connectivity index is 1.53. The van der Waals surface area contributed by atoms with Gasteiger partial charge >= 0.3 is 0 Å². The molecular formula is C23H19ClN2O5. The molecule has 1 aromatic heterocycles. The lowest BCUT2D eigenvalue weighted by Gasteiger charge is -2.13.